The predicted octanol–water partition coefficient (Wildman–Crippen LogP) is 1.99. The largest absolute Gasteiger partial charge is 0.470 e. The highest BCUT2D eigenvalue weighted by atomic mass is 32.1. The van der Waals surface area contributed by atoms with Crippen LogP contribution in [0.25, 0.3) is 0 Å². The molecule has 1 rings (SSSR count). The van der Waals surface area contributed by atoms with Gasteiger partial charge in [0.05, 0.1) is 17.7 Å². The summed E-state index contributed by atoms with van der Waals surface area (Å²) in [6.45, 7) is 2.14. The Balaban J connectivity index is 2.73. The van der Waals surface area contributed by atoms with Crippen molar-refractivity contribution in [3.8, 4) is 5.19 Å². The zero-order chi connectivity index (χ0) is 9.84. The van der Waals surface area contributed by atoms with Crippen molar-refractivity contribution >= 4 is 17.1 Å². The third-order valence-corrected chi connectivity index (χ3v) is 2.12. The molecule has 0 aliphatic rings. The number of carbonyl (C=O) groups excluding carboxylic acids is 1. The molecule has 0 fully saturated rings. The smallest absolute Gasteiger partial charge is 0.301 e. The number of nitrogens with zero attached hydrogens (tertiary/aromatic N) is 1. The fourth-order valence-electron chi connectivity index (χ4n) is 0.670. The van der Waals surface area contributed by atoms with Crippen LogP contribution in [0, 0.1) is 0 Å². The van der Waals surface area contributed by atoms with Gasteiger partial charge in [-0.3, -0.25) is 4.79 Å². The number of thiazole rings is 1. The molecule has 6 heteroatoms. The van der Waals surface area contributed by atoms with Crippen LogP contribution in [0.2, 0.25) is 0 Å². The maximum absolute atomic E-state index is 11.9. The Kier molecular flexibility index (Phi) is 3.30. The van der Waals surface area contributed by atoms with Crippen LogP contribution in [-0.4, -0.2) is 23.8 Å². The molecule has 0 radical (unpaired) electrons. The molecule has 13 heavy (non-hydrogen) atoms. The molecule has 0 aliphatic carbocycles. The molecule has 1 aromatic rings. The molecule has 1 heterocycles. The van der Waals surface area contributed by atoms with Crippen LogP contribution in [0.3, 0.4) is 0 Å². The summed E-state index contributed by atoms with van der Waals surface area (Å²) in [7, 11) is 0. The van der Waals surface area contributed by atoms with E-state index in [1.54, 1.807) is 6.92 Å². The van der Waals surface area contributed by atoms with Gasteiger partial charge in [-0.05, 0) is 6.92 Å². The number of ether oxygens (including phenoxy) is 1. The SMILES string of the molecule is CCOc1ncc(C(=O)C(F)F)s1. The van der Waals surface area contributed by atoms with E-state index in [9.17, 15) is 13.6 Å². The fourth-order valence-corrected chi connectivity index (χ4v) is 1.44. The molecule has 72 valence electrons. The first-order valence-corrected chi connectivity index (χ1v) is 4.37. The number of aromatic nitrogens is 1. The van der Waals surface area contributed by atoms with Gasteiger partial charge in [0.25, 0.3) is 5.19 Å². The second-order valence-corrected chi connectivity index (χ2v) is 3.08. The van der Waals surface area contributed by atoms with Crippen molar-refractivity contribution in [2.75, 3.05) is 6.61 Å². The topological polar surface area (TPSA) is 39.2 Å². The van der Waals surface area contributed by atoms with E-state index in [1.807, 2.05) is 0 Å². The highest BCUT2D eigenvalue weighted by Crippen LogP contribution is 2.22. The molecular formula is C7H7F2NO2S. The molecule has 1 aromatic heterocycles. The molecule has 0 N–H and O–H groups in total. The Bertz CT molecular complexity index is 300. The number of halogens is 2. The van der Waals surface area contributed by atoms with Crippen LogP contribution >= 0.6 is 11.3 Å². The van der Waals surface area contributed by atoms with E-state index in [2.05, 4.69) is 4.98 Å². The summed E-state index contributed by atoms with van der Waals surface area (Å²) in [5, 5.41) is 0.242. The lowest BCUT2D eigenvalue weighted by molar-refractivity contribution is 0.0683. The second-order valence-electron chi connectivity index (χ2n) is 2.09. The van der Waals surface area contributed by atoms with Gasteiger partial charge in [0.1, 0.15) is 0 Å². The van der Waals surface area contributed by atoms with Crippen molar-refractivity contribution in [3.63, 3.8) is 0 Å². The van der Waals surface area contributed by atoms with Gasteiger partial charge in [-0.1, -0.05) is 11.3 Å². The van der Waals surface area contributed by atoms with Crippen LogP contribution in [0.5, 0.6) is 5.19 Å². The van der Waals surface area contributed by atoms with E-state index in [1.165, 1.54) is 0 Å². The maximum atomic E-state index is 11.9. The maximum Gasteiger partial charge on any atom is 0.301 e. The first-order chi connectivity index (χ1) is 6.15. The van der Waals surface area contributed by atoms with Gasteiger partial charge >= 0.3 is 6.43 Å². The van der Waals surface area contributed by atoms with Crippen molar-refractivity contribution < 1.29 is 18.3 Å². The summed E-state index contributed by atoms with van der Waals surface area (Å²) in [5.41, 5.74) is 0. The van der Waals surface area contributed by atoms with E-state index in [-0.39, 0.29) is 10.1 Å². The number of carbonyl (C=O) groups is 1. The van der Waals surface area contributed by atoms with Gasteiger partial charge in [-0.25, -0.2) is 13.8 Å². The minimum absolute atomic E-state index is 0.0709. The molecule has 0 saturated heterocycles. The lowest BCUT2D eigenvalue weighted by atomic mass is 10.4. The van der Waals surface area contributed by atoms with Gasteiger partial charge < -0.3 is 4.74 Å². The Morgan fingerprint density at radius 1 is 1.77 bits per heavy atom. The molecule has 0 bridgehead atoms. The van der Waals surface area contributed by atoms with Crippen LogP contribution in [-0.2, 0) is 0 Å². The van der Waals surface area contributed by atoms with E-state index in [4.69, 9.17) is 4.74 Å². The van der Waals surface area contributed by atoms with Crippen molar-refractivity contribution in [1.29, 1.82) is 0 Å². The summed E-state index contributed by atoms with van der Waals surface area (Å²) in [6, 6.07) is 0. The Hall–Kier alpha value is -1.04. The molecule has 0 amide bonds. The second kappa shape index (κ2) is 4.27. The van der Waals surface area contributed by atoms with E-state index in [0.29, 0.717) is 6.61 Å². The van der Waals surface area contributed by atoms with E-state index in [0.717, 1.165) is 17.5 Å². The van der Waals surface area contributed by atoms with Crippen LogP contribution in [0.15, 0.2) is 6.20 Å². The molecule has 0 unspecified atom stereocenters. The van der Waals surface area contributed by atoms with Crippen LogP contribution in [0.1, 0.15) is 16.6 Å². The Morgan fingerprint density at radius 3 is 3.00 bits per heavy atom. The minimum Gasteiger partial charge on any atom is -0.470 e. The first kappa shape index (κ1) is 10.0. The molecule has 0 atom stereocenters. The number of ketones is 1. The van der Waals surface area contributed by atoms with E-state index < -0.39 is 12.2 Å². The molecule has 3 nitrogen and oxygen atoms in total. The van der Waals surface area contributed by atoms with Gasteiger partial charge in [0.2, 0.25) is 5.78 Å². The molecular weight excluding hydrogens is 200 g/mol. The lowest BCUT2D eigenvalue weighted by Crippen LogP contribution is -2.07. The van der Waals surface area contributed by atoms with Gasteiger partial charge in [-0.2, -0.15) is 0 Å². The standard InChI is InChI=1S/C7H7F2NO2S/c1-2-12-7-10-3-4(13-7)5(11)6(8)9/h3,6H,2H2,1H3. The lowest BCUT2D eigenvalue weighted by Gasteiger charge is -1.94. The van der Waals surface area contributed by atoms with Gasteiger partial charge in [-0.15, -0.1) is 0 Å². The van der Waals surface area contributed by atoms with Crippen molar-refractivity contribution in [2.45, 2.75) is 13.3 Å². The highest BCUT2D eigenvalue weighted by Gasteiger charge is 2.20. The zero-order valence-electron chi connectivity index (χ0n) is 6.79. The highest BCUT2D eigenvalue weighted by molar-refractivity contribution is 7.15. The Morgan fingerprint density at radius 2 is 2.46 bits per heavy atom. The zero-order valence-corrected chi connectivity index (χ0v) is 7.61. The molecule has 0 spiro atoms. The third-order valence-electron chi connectivity index (χ3n) is 1.19. The Labute approximate surface area is 77.4 Å². The summed E-state index contributed by atoms with van der Waals surface area (Å²) in [4.78, 5) is 14.3. The number of hydrogen-bond donors (Lipinski definition) is 0. The average Bonchev–Trinajstić information content (AvgIpc) is 2.52. The predicted molar refractivity (Wildman–Crippen MR) is 43.6 cm³/mol. The normalized spacial score (nSPS) is 10.5. The monoisotopic (exact) mass is 207 g/mol. The van der Waals surface area contributed by atoms with Crippen molar-refractivity contribution in [3.05, 3.63) is 11.1 Å². The van der Waals surface area contributed by atoms with Crippen LogP contribution in [0.4, 0.5) is 8.78 Å². The average molecular weight is 207 g/mol. The quantitative estimate of drug-likeness (QED) is 0.709. The van der Waals surface area contributed by atoms with Gasteiger partial charge in [0.15, 0.2) is 0 Å². The van der Waals surface area contributed by atoms with Crippen molar-refractivity contribution in [2.24, 2.45) is 0 Å². The number of rotatable bonds is 4. The van der Waals surface area contributed by atoms with Crippen molar-refractivity contribution in [1.82, 2.24) is 4.98 Å². The van der Waals surface area contributed by atoms with Gasteiger partial charge in [0, 0.05) is 0 Å². The van der Waals surface area contributed by atoms with Crippen LogP contribution < -0.4 is 4.74 Å². The first-order valence-electron chi connectivity index (χ1n) is 3.56. The number of alkyl halides is 2. The third kappa shape index (κ3) is 2.45. The molecule has 0 saturated carbocycles. The number of Topliss-reactive ketones (excluding diaryl/α,β-unsaturated/α-hetero) is 1. The summed E-state index contributed by atoms with van der Waals surface area (Å²) in [5.74, 6) is -1.21. The summed E-state index contributed by atoms with van der Waals surface area (Å²) in [6.07, 6.45) is -1.88. The van der Waals surface area contributed by atoms with E-state index >= 15 is 0 Å². The summed E-state index contributed by atoms with van der Waals surface area (Å²) < 4.78 is 28.7. The number of hydrogen-bond acceptors (Lipinski definition) is 4. The minimum atomic E-state index is -2.98. The fraction of sp³-hybridized carbons (Fsp3) is 0.429. The molecule has 0 aromatic carbocycles. The summed E-state index contributed by atoms with van der Waals surface area (Å²) >= 11 is 0.831. The molecule has 0 aliphatic heterocycles.